The summed E-state index contributed by atoms with van der Waals surface area (Å²) in [5.74, 6) is -0.708. The number of pyridine rings is 1. The number of ether oxygens (including phenoxy) is 1. The van der Waals surface area contributed by atoms with Crippen molar-refractivity contribution < 1.29 is 9.13 Å². The number of nitrogens with one attached hydrogen (secondary N) is 1. The molecule has 2 rings (SSSR count). The van der Waals surface area contributed by atoms with Gasteiger partial charge in [0.2, 0.25) is 5.82 Å². The zero-order valence-corrected chi connectivity index (χ0v) is 10.7. The van der Waals surface area contributed by atoms with Crippen LogP contribution < -0.4 is 10.1 Å². The van der Waals surface area contributed by atoms with Gasteiger partial charge < -0.3 is 10.1 Å². The first-order valence-corrected chi connectivity index (χ1v) is 5.68. The minimum atomic E-state index is -0.606. The highest BCUT2D eigenvalue weighted by atomic mass is 35.5. The molecular formula is C13H9ClFN3O. The number of halogens is 2. The summed E-state index contributed by atoms with van der Waals surface area (Å²) >= 11 is 6.00. The van der Waals surface area contributed by atoms with E-state index in [0.29, 0.717) is 16.3 Å². The molecule has 0 aliphatic heterocycles. The maximum Gasteiger partial charge on any atom is 0.252 e. The van der Waals surface area contributed by atoms with Crippen molar-refractivity contribution in [2.24, 2.45) is 0 Å². The summed E-state index contributed by atoms with van der Waals surface area (Å²) in [5.41, 5.74) is 1.12. The summed E-state index contributed by atoms with van der Waals surface area (Å²) in [7, 11) is 1.34. The van der Waals surface area contributed by atoms with Crippen LogP contribution in [0.4, 0.5) is 15.8 Å². The second-order valence-corrected chi connectivity index (χ2v) is 4.02. The molecule has 0 fully saturated rings. The molecule has 1 aromatic carbocycles. The smallest absolute Gasteiger partial charge is 0.252 e. The fraction of sp³-hybridized carbons (Fsp3) is 0.0769. The van der Waals surface area contributed by atoms with Crippen molar-refractivity contribution in [1.82, 2.24) is 4.98 Å². The van der Waals surface area contributed by atoms with E-state index in [1.54, 1.807) is 12.1 Å². The van der Waals surface area contributed by atoms with Gasteiger partial charge in [-0.25, -0.2) is 4.98 Å². The molecule has 1 N–H and O–H groups in total. The number of nitrogens with zero attached hydrogens (tertiary/aromatic N) is 2. The van der Waals surface area contributed by atoms with Gasteiger partial charge in [0.1, 0.15) is 0 Å². The minimum absolute atomic E-state index is 0.102. The Labute approximate surface area is 114 Å². The standard InChI is InChI=1S/C13H9ClFN3O/c1-19-13-12(15)11(4-5-17-13)18-10-3-2-8(7-16)6-9(10)14/h2-6H,1H3,(H,17,18). The number of anilines is 2. The van der Waals surface area contributed by atoms with E-state index >= 15 is 0 Å². The average molecular weight is 278 g/mol. The number of benzene rings is 1. The monoisotopic (exact) mass is 277 g/mol. The zero-order valence-electron chi connectivity index (χ0n) is 9.95. The molecule has 2 aromatic rings. The van der Waals surface area contributed by atoms with Crippen LogP contribution in [-0.4, -0.2) is 12.1 Å². The number of hydrogen-bond donors (Lipinski definition) is 1. The van der Waals surface area contributed by atoms with E-state index in [1.165, 1.54) is 25.4 Å². The van der Waals surface area contributed by atoms with Gasteiger partial charge in [0.25, 0.3) is 5.88 Å². The van der Waals surface area contributed by atoms with E-state index in [2.05, 4.69) is 10.3 Å². The molecule has 0 saturated heterocycles. The van der Waals surface area contributed by atoms with Crippen molar-refractivity contribution >= 4 is 23.0 Å². The third-order valence-electron chi connectivity index (χ3n) is 2.42. The Balaban J connectivity index is 2.34. The van der Waals surface area contributed by atoms with Gasteiger partial charge in [-0.05, 0) is 24.3 Å². The molecule has 0 atom stereocenters. The fourth-order valence-corrected chi connectivity index (χ4v) is 1.72. The lowest BCUT2D eigenvalue weighted by Crippen LogP contribution is -1.99. The van der Waals surface area contributed by atoms with Crippen LogP contribution in [0.3, 0.4) is 0 Å². The second kappa shape index (κ2) is 5.55. The van der Waals surface area contributed by atoms with Gasteiger partial charge in [0.05, 0.1) is 35.1 Å². The van der Waals surface area contributed by atoms with Crippen LogP contribution in [0.2, 0.25) is 5.02 Å². The van der Waals surface area contributed by atoms with Gasteiger partial charge in [-0.2, -0.15) is 9.65 Å². The van der Waals surface area contributed by atoms with Crippen LogP contribution >= 0.6 is 11.6 Å². The van der Waals surface area contributed by atoms with Crippen LogP contribution in [0, 0.1) is 17.1 Å². The second-order valence-electron chi connectivity index (χ2n) is 3.61. The van der Waals surface area contributed by atoms with Gasteiger partial charge >= 0.3 is 0 Å². The Hall–Kier alpha value is -2.32. The van der Waals surface area contributed by atoms with Crippen LogP contribution in [0.15, 0.2) is 30.5 Å². The molecule has 0 saturated carbocycles. The highest BCUT2D eigenvalue weighted by Gasteiger charge is 2.11. The lowest BCUT2D eigenvalue weighted by molar-refractivity contribution is 0.370. The molecule has 6 heteroatoms. The highest BCUT2D eigenvalue weighted by Crippen LogP contribution is 2.29. The largest absolute Gasteiger partial charge is 0.479 e. The summed E-state index contributed by atoms with van der Waals surface area (Å²) in [5, 5.41) is 11.9. The molecule has 0 aliphatic rings. The van der Waals surface area contributed by atoms with E-state index in [4.69, 9.17) is 21.6 Å². The first-order valence-electron chi connectivity index (χ1n) is 5.31. The van der Waals surface area contributed by atoms with Crippen molar-refractivity contribution in [2.75, 3.05) is 12.4 Å². The van der Waals surface area contributed by atoms with Gasteiger partial charge in [-0.1, -0.05) is 11.6 Å². The van der Waals surface area contributed by atoms with Gasteiger partial charge in [-0.3, -0.25) is 0 Å². The molecule has 0 aliphatic carbocycles. The average Bonchev–Trinajstić information content (AvgIpc) is 2.43. The summed E-state index contributed by atoms with van der Waals surface area (Å²) in [6.45, 7) is 0. The molecule has 0 unspecified atom stereocenters. The Morgan fingerprint density at radius 2 is 2.16 bits per heavy atom. The fourth-order valence-electron chi connectivity index (χ4n) is 1.49. The van der Waals surface area contributed by atoms with E-state index in [1.807, 2.05) is 6.07 Å². The molecule has 1 heterocycles. The molecule has 0 amide bonds. The molecule has 4 nitrogen and oxygen atoms in total. The predicted molar refractivity (Wildman–Crippen MR) is 70.2 cm³/mol. The maximum atomic E-state index is 13.9. The maximum absolute atomic E-state index is 13.9. The van der Waals surface area contributed by atoms with Gasteiger partial charge in [0.15, 0.2) is 0 Å². The lowest BCUT2D eigenvalue weighted by atomic mass is 10.2. The molecule has 0 spiro atoms. The summed E-state index contributed by atoms with van der Waals surface area (Å²) < 4.78 is 18.7. The predicted octanol–water partition coefficient (Wildman–Crippen LogP) is 3.50. The SMILES string of the molecule is COc1nccc(Nc2ccc(C#N)cc2Cl)c1F. The van der Waals surface area contributed by atoms with Crippen LogP contribution in [-0.2, 0) is 0 Å². The number of hydrogen-bond acceptors (Lipinski definition) is 4. The molecule has 96 valence electrons. The summed E-state index contributed by atoms with van der Waals surface area (Å²) in [6.07, 6.45) is 1.42. The molecule has 1 aromatic heterocycles. The topological polar surface area (TPSA) is 57.9 Å². The summed E-state index contributed by atoms with van der Waals surface area (Å²) in [6, 6.07) is 8.13. The Bertz CT molecular complexity index is 655. The first kappa shape index (κ1) is 13.1. The Morgan fingerprint density at radius 3 is 2.79 bits per heavy atom. The van der Waals surface area contributed by atoms with Crippen molar-refractivity contribution in [3.05, 3.63) is 46.9 Å². The number of rotatable bonds is 3. The number of aromatic nitrogens is 1. The van der Waals surface area contributed by atoms with Crippen molar-refractivity contribution in [1.29, 1.82) is 5.26 Å². The first-order chi connectivity index (χ1) is 9.15. The minimum Gasteiger partial charge on any atom is -0.479 e. The van der Waals surface area contributed by atoms with Crippen LogP contribution in [0.1, 0.15) is 5.56 Å². The van der Waals surface area contributed by atoms with Gasteiger partial charge in [-0.15, -0.1) is 0 Å². The molecule has 0 radical (unpaired) electrons. The van der Waals surface area contributed by atoms with Crippen molar-refractivity contribution in [2.45, 2.75) is 0 Å². The number of nitriles is 1. The lowest BCUT2D eigenvalue weighted by Gasteiger charge is -2.10. The number of methoxy groups -OCH3 is 1. The molecule has 19 heavy (non-hydrogen) atoms. The summed E-state index contributed by atoms with van der Waals surface area (Å²) in [4.78, 5) is 3.74. The zero-order chi connectivity index (χ0) is 13.8. The van der Waals surface area contributed by atoms with Crippen molar-refractivity contribution in [3.8, 4) is 11.9 Å². The normalized spacial score (nSPS) is 9.79. The van der Waals surface area contributed by atoms with Crippen molar-refractivity contribution in [3.63, 3.8) is 0 Å². The Kier molecular flexibility index (Phi) is 3.83. The van der Waals surface area contributed by atoms with E-state index < -0.39 is 5.82 Å². The van der Waals surface area contributed by atoms with E-state index in [9.17, 15) is 4.39 Å². The molecule has 0 bridgehead atoms. The quantitative estimate of drug-likeness (QED) is 0.933. The van der Waals surface area contributed by atoms with Gasteiger partial charge in [0, 0.05) is 6.20 Å². The third-order valence-corrected chi connectivity index (χ3v) is 2.73. The van der Waals surface area contributed by atoms with E-state index in [-0.39, 0.29) is 11.6 Å². The van der Waals surface area contributed by atoms with Crippen LogP contribution in [0.25, 0.3) is 0 Å². The van der Waals surface area contributed by atoms with E-state index in [0.717, 1.165) is 0 Å². The molecular weight excluding hydrogens is 269 g/mol. The van der Waals surface area contributed by atoms with Crippen LogP contribution in [0.5, 0.6) is 5.88 Å². The Morgan fingerprint density at radius 1 is 1.37 bits per heavy atom. The highest BCUT2D eigenvalue weighted by molar-refractivity contribution is 6.33. The third kappa shape index (κ3) is 2.75.